The molecule has 0 radical (unpaired) electrons. The van der Waals surface area contributed by atoms with Crippen molar-refractivity contribution in [3.05, 3.63) is 0 Å². The maximum atomic E-state index is 6.51. The van der Waals surface area contributed by atoms with E-state index in [2.05, 4.69) is 100 Å². The summed E-state index contributed by atoms with van der Waals surface area (Å²) in [5, 5.41) is 4.61. The van der Waals surface area contributed by atoms with Crippen molar-refractivity contribution < 1.29 is 19.1 Å². The first-order valence-corrected chi connectivity index (χ1v) is 16.7. The Hall–Kier alpha value is -0.240. The zero-order valence-electron chi connectivity index (χ0n) is 28.8. The zero-order chi connectivity index (χ0) is 30.3. The molecule has 2 aliphatic rings. The molecule has 2 rings (SSSR count). The summed E-state index contributed by atoms with van der Waals surface area (Å²) in [6, 6.07) is 0.788. The van der Waals surface area contributed by atoms with E-state index in [1.807, 2.05) is 0 Å². The van der Waals surface area contributed by atoms with Gasteiger partial charge in [-0.1, -0.05) is 54.4 Å². The molecule has 2 saturated heterocycles. The summed E-state index contributed by atoms with van der Waals surface area (Å²) in [5.74, 6) is 1.56. The predicted molar refractivity (Wildman–Crippen MR) is 167 cm³/mol. The van der Waals surface area contributed by atoms with E-state index in [1.54, 1.807) is 0 Å². The summed E-state index contributed by atoms with van der Waals surface area (Å²) >= 11 is 0. The molecule has 0 aromatic carbocycles. The van der Waals surface area contributed by atoms with Crippen LogP contribution in [0, 0.1) is 17.8 Å². The fourth-order valence-electron chi connectivity index (χ4n) is 6.85. The SMILES string of the molecule is CCON1C(C)(C)CC(OCCCCCCOC2CC(C(C)C)N(OC(C)(C)C)C(C(C)C)C2)CC1(C)C(C)C. The molecule has 238 valence electrons. The lowest BCUT2D eigenvalue weighted by molar-refractivity contribution is -0.306. The van der Waals surface area contributed by atoms with Crippen LogP contribution in [0.1, 0.15) is 141 Å². The van der Waals surface area contributed by atoms with Gasteiger partial charge in [0.1, 0.15) is 0 Å². The molecule has 0 saturated carbocycles. The molecule has 0 N–H and O–H groups in total. The van der Waals surface area contributed by atoms with Gasteiger partial charge in [-0.2, -0.15) is 10.1 Å². The maximum Gasteiger partial charge on any atom is 0.0816 e. The van der Waals surface area contributed by atoms with Crippen LogP contribution in [-0.4, -0.2) is 70.9 Å². The highest BCUT2D eigenvalue weighted by molar-refractivity contribution is 5.01. The van der Waals surface area contributed by atoms with Crippen molar-refractivity contribution in [3.63, 3.8) is 0 Å². The smallest absolute Gasteiger partial charge is 0.0816 e. The van der Waals surface area contributed by atoms with Crippen molar-refractivity contribution in [2.75, 3.05) is 19.8 Å². The van der Waals surface area contributed by atoms with Crippen molar-refractivity contribution >= 4 is 0 Å². The van der Waals surface area contributed by atoms with Gasteiger partial charge < -0.3 is 9.47 Å². The molecule has 0 aromatic rings. The first kappa shape index (κ1) is 36.0. The molecular weight excluding hydrogens is 500 g/mol. The van der Waals surface area contributed by atoms with E-state index < -0.39 is 0 Å². The number of rotatable bonds is 15. The van der Waals surface area contributed by atoms with Gasteiger partial charge in [-0.05, 0) is 105 Å². The predicted octanol–water partition coefficient (Wildman–Crippen LogP) is 8.43. The van der Waals surface area contributed by atoms with Gasteiger partial charge in [0.2, 0.25) is 0 Å². The molecule has 0 bridgehead atoms. The Kier molecular flexibility index (Phi) is 13.9. The number of hydrogen-bond acceptors (Lipinski definition) is 6. The number of nitrogens with zero attached hydrogens (tertiary/aromatic N) is 2. The molecule has 4 atom stereocenters. The second-order valence-corrected chi connectivity index (χ2v) is 15.5. The number of hydroxylamine groups is 4. The van der Waals surface area contributed by atoms with Crippen LogP contribution in [0.15, 0.2) is 0 Å². The first-order valence-electron chi connectivity index (χ1n) is 16.7. The minimum Gasteiger partial charge on any atom is -0.378 e. The second-order valence-electron chi connectivity index (χ2n) is 15.5. The molecule has 40 heavy (non-hydrogen) atoms. The average molecular weight is 569 g/mol. The van der Waals surface area contributed by atoms with Crippen LogP contribution >= 0.6 is 0 Å². The highest BCUT2D eigenvalue weighted by Crippen LogP contribution is 2.44. The zero-order valence-corrected chi connectivity index (χ0v) is 28.8. The summed E-state index contributed by atoms with van der Waals surface area (Å²) in [4.78, 5) is 12.7. The van der Waals surface area contributed by atoms with Crippen LogP contribution < -0.4 is 0 Å². The van der Waals surface area contributed by atoms with E-state index in [0.29, 0.717) is 48.7 Å². The highest BCUT2D eigenvalue weighted by atomic mass is 16.7. The molecular formula is C34H68N2O4. The third-order valence-corrected chi connectivity index (χ3v) is 9.21. The monoisotopic (exact) mass is 569 g/mol. The van der Waals surface area contributed by atoms with Crippen molar-refractivity contribution in [3.8, 4) is 0 Å². The van der Waals surface area contributed by atoms with Crippen molar-refractivity contribution in [2.45, 2.75) is 182 Å². The lowest BCUT2D eigenvalue weighted by Gasteiger charge is -2.56. The van der Waals surface area contributed by atoms with Gasteiger partial charge >= 0.3 is 0 Å². The molecule has 2 heterocycles. The standard InChI is InChI=1S/C34H68N2O4/c1-14-39-36-33(11,12)23-29(24-34(36,13)27(6)7)38-20-18-16-15-17-19-37-28-21-30(25(2)3)35(40-32(8,9)10)31(22-28)26(4)5/h25-31H,14-24H2,1-13H3. The maximum absolute atomic E-state index is 6.51. The van der Waals surface area contributed by atoms with E-state index >= 15 is 0 Å². The average Bonchev–Trinajstić information content (AvgIpc) is 2.82. The Morgan fingerprint density at radius 1 is 0.750 bits per heavy atom. The lowest BCUT2D eigenvalue weighted by Crippen LogP contribution is -2.65. The van der Waals surface area contributed by atoms with E-state index in [4.69, 9.17) is 19.1 Å². The van der Waals surface area contributed by atoms with Gasteiger partial charge in [0, 0.05) is 36.4 Å². The van der Waals surface area contributed by atoms with Crippen LogP contribution in [0.3, 0.4) is 0 Å². The Morgan fingerprint density at radius 2 is 1.25 bits per heavy atom. The largest absolute Gasteiger partial charge is 0.378 e. The molecule has 2 fully saturated rings. The van der Waals surface area contributed by atoms with E-state index in [1.165, 1.54) is 12.8 Å². The van der Waals surface area contributed by atoms with Crippen LogP contribution in [0.5, 0.6) is 0 Å². The van der Waals surface area contributed by atoms with Crippen molar-refractivity contribution in [1.82, 2.24) is 10.1 Å². The van der Waals surface area contributed by atoms with Crippen LogP contribution in [0.2, 0.25) is 0 Å². The van der Waals surface area contributed by atoms with Gasteiger partial charge in [0.25, 0.3) is 0 Å². The van der Waals surface area contributed by atoms with Crippen LogP contribution in [0.25, 0.3) is 0 Å². The number of unbranched alkanes of at least 4 members (excludes halogenated alkanes) is 3. The fraction of sp³-hybridized carbons (Fsp3) is 1.00. The number of ether oxygens (including phenoxy) is 2. The molecule has 6 nitrogen and oxygen atoms in total. The number of hydrogen-bond donors (Lipinski definition) is 0. The summed E-state index contributed by atoms with van der Waals surface area (Å²) < 4.78 is 13.0. The minimum atomic E-state index is -0.178. The Balaban J connectivity index is 1.74. The van der Waals surface area contributed by atoms with Crippen molar-refractivity contribution in [1.29, 1.82) is 0 Å². The molecule has 0 amide bonds. The van der Waals surface area contributed by atoms with Gasteiger partial charge in [-0.25, -0.2) is 0 Å². The molecule has 0 spiro atoms. The van der Waals surface area contributed by atoms with Crippen LogP contribution in [0.4, 0.5) is 0 Å². The lowest BCUT2D eigenvalue weighted by atomic mass is 9.73. The highest BCUT2D eigenvalue weighted by Gasteiger charge is 2.50. The third-order valence-electron chi connectivity index (χ3n) is 9.21. The van der Waals surface area contributed by atoms with Gasteiger partial charge in [0.05, 0.1) is 24.4 Å². The summed E-state index contributed by atoms with van der Waals surface area (Å²) in [7, 11) is 0. The van der Waals surface area contributed by atoms with Gasteiger partial charge in [-0.15, -0.1) is 0 Å². The quantitative estimate of drug-likeness (QED) is 0.185. The second kappa shape index (κ2) is 15.5. The van der Waals surface area contributed by atoms with E-state index in [9.17, 15) is 0 Å². The number of piperidine rings is 2. The minimum absolute atomic E-state index is 0.0159. The van der Waals surface area contributed by atoms with E-state index in [0.717, 1.165) is 51.7 Å². The van der Waals surface area contributed by atoms with Gasteiger partial charge in [-0.3, -0.25) is 9.68 Å². The Morgan fingerprint density at radius 3 is 1.68 bits per heavy atom. The van der Waals surface area contributed by atoms with Crippen LogP contribution in [-0.2, 0) is 19.1 Å². The molecule has 4 unspecified atom stereocenters. The Labute approximate surface area is 249 Å². The summed E-state index contributed by atoms with van der Waals surface area (Å²) in [5.41, 5.74) is -0.228. The molecule has 2 aliphatic heterocycles. The molecule has 6 heteroatoms. The van der Waals surface area contributed by atoms with Crippen molar-refractivity contribution in [2.24, 2.45) is 17.8 Å². The summed E-state index contributed by atoms with van der Waals surface area (Å²) in [6.45, 7) is 31.8. The molecule has 0 aromatic heterocycles. The topological polar surface area (TPSA) is 43.4 Å². The molecule has 0 aliphatic carbocycles. The third kappa shape index (κ3) is 10.2. The fourth-order valence-corrected chi connectivity index (χ4v) is 6.85. The van der Waals surface area contributed by atoms with Gasteiger partial charge in [0.15, 0.2) is 0 Å². The van der Waals surface area contributed by atoms with E-state index in [-0.39, 0.29) is 16.7 Å². The summed E-state index contributed by atoms with van der Waals surface area (Å²) in [6.07, 6.45) is 9.41. The first-order chi connectivity index (χ1) is 18.5. The Bertz CT molecular complexity index is 701. The normalized spacial score (nSPS) is 30.6.